The second kappa shape index (κ2) is 8.83. The third-order valence-electron chi connectivity index (χ3n) is 5.83. The Kier molecular flexibility index (Phi) is 6.14. The maximum absolute atomic E-state index is 13.2. The molecule has 164 valence electrons. The van der Waals surface area contributed by atoms with E-state index >= 15 is 0 Å². The van der Waals surface area contributed by atoms with Crippen molar-refractivity contribution >= 4 is 11.7 Å². The number of benzene rings is 2. The number of hydrogen-bond acceptors (Lipinski definition) is 3. The first kappa shape index (κ1) is 21.6. The molecule has 2 aromatic rings. The van der Waals surface area contributed by atoms with E-state index in [1.807, 2.05) is 30.3 Å². The third-order valence-corrected chi connectivity index (χ3v) is 5.83. The van der Waals surface area contributed by atoms with Gasteiger partial charge in [-0.15, -0.1) is 0 Å². The average molecular weight is 431 g/mol. The summed E-state index contributed by atoms with van der Waals surface area (Å²) in [5, 5.41) is 0. The van der Waals surface area contributed by atoms with Gasteiger partial charge in [-0.25, -0.2) is 0 Å². The van der Waals surface area contributed by atoms with Crippen LogP contribution in [0.2, 0.25) is 0 Å². The second-order valence-corrected chi connectivity index (χ2v) is 8.32. The van der Waals surface area contributed by atoms with Crippen molar-refractivity contribution in [2.24, 2.45) is 11.8 Å². The van der Waals surface area contributed by atoms with Crippen LogP contribution in [0.3, 0.4) is 0 Å². The van der Waals surface area contributed by atoms with E-state index in [0.29, 0.717) is 17.7 Å². The first-order chi connectivity index (χ1) is 14.8. The molecular formula is C24H24F3NO3. The zero-order chi connectivity index (χ0) is 22.0. The number of halogens is 3. The van der Waals surface area contributed by atoms with Crippen molar-refractivity contribution in [3.63, 3.8) is 0 Å². The van der Waals surface area contributed by atoms with Crippen molar-refractivity contribution in [2.75, 3.05) is 6.61 Å². The molecule has 1 saturated carbocycles. The van der Waals surface area contributed by atoms with E-state index in [1.54, 1.807) is 0 Å². The lowest BCUT2D eigenvalue weighted by molar-refractivity contribution is -0.141. The standard InChI is InChI=1S/C24H24F3NO3/c25-24(26,27)21-9-8-18-12-28(13-19(18)10-21)23(30)20(11-22(29)17-6-7-17)15-31-14-16-4-2-1-3-5-16/h1-5,8-10,17,20H,6-7,11-15H2. The number of amides is 1. The van der Waals surface area contributed by atoms with Gasteiger partial charge in [-0.2, -0.15) is 13.2 Å². The summed E-state index contributed by atoms with van der Waals surface area (Å²) in [5.74, 6) is -0.771. The number of nitrogens with zero attached hydrogens (tertiary/aromatic N) is 1. The molecular weight excluding hydrogens is 407 g/mol. The van der Waals surface area contributed by atoms with Crippen LogP contribution >= 0.6 is 0 Å². The lowest BCUT2D eigenvalue weighted by Gasteiger charge is -2.23. The maximum atomic E-state index is 13.2. The Hall–Kier alpha value is -2.67. The Balaban J connectivity index is 1.42. The maximum Gasteiger partial charge on any atom is 0.416 e. The summed E-state index contributed by atoms with van der Waals surface area (Å²) in [7, 11) is 0. The van der Waals surface area contributed by atoms with E-state index in [4.69, 9.17) is 4.74 Å². The Labute approximate surface area is 179 Å². The molecule has 1 unspecified atom stereocenters. The van der Waals surface area contributed by atoms with E-state index in [9.17, 15) is 22.8 Å². The number of carbonyl (C=O) groups excluding carboxylic acids is 2. The van der Waals surface area contributed by atoms with Crippen molar-refractivity contribution in [1.82, 2.24) is 4.90 Å². The fourth-order valence-electron chi connectivity index (χ4n) is 3.91. The summed E-state index contributed by atoms with van der Waals surface area (Å²) < 4.78 is 44.8. The molecule has 1 aliphatic carbocycles. The van der Waals surface area contributed by atoms with Gasteiger partial charge in [-0.1, -0.05) is 36.4 Å². The number of rotatable bonds is 8. The summed E-state index contributed by atoms with van der Waals surface area (Å²) in [4.78, 5) is 27.1. The van der Waals surface area contributed by atoms with Crippen molar-refractivity contribution in [3.05, 3.63) is 70.8 Å². The molecule has 1 fully saturated rings. The van der Waals surface area contributed by atoms with Gasteiger partial charge >= 0.3 is 6.18 Å². The lowest BCUT2D eigenvalue weighted by atomic mass is 9.99. The SMILES string of the molecule is O=C(CC(COCc1ccccc1)C(=O)N1Cc2ccc(C(F)(F)F)cc2C1)C1CC1. The Morgan fingerprint density at radius 1 is 1.03 bits per heavy atom. The summed E-state index contributed by atoms with van der Waals surface area (Å²) in [6, 6.07) is 13.1. The highest BCUT2D eigenvalue weighted by Crippen LogP contribution is 2.35. The van der Waals surface area contributed by atoms with Gasteiger partial charge in [-0.3, -0.25) is 9.59 Å². The van der Waals surface area contributed by atoms with Crippen LogP contribution in [-0.2, 0) is 40.2 Å². The van der Waals surface area contributed by atoms with Crippen LogP contribution in [0.1, 0.15) is 41.5 Å². The molecule has 1 heterocycles. The topological polar surface area (TPSA) is 46.6 Å². The van der Waals surface area contributed by atoms with Crippen molar-refractivity contribution in [2.45, 2.75) is 45.1 Å². The molecule has 0 radical (unpaired) electrons. The van der Waals surface area contributed by atoms with Crippen LogP contribution in [-0.4, -0.2) is 23.2 Å². The Bertz CT molecular complexity index is 954. The number of Topliss-reactive ketones (excluding diaryl/α,β-unsaturated/α-hetero) is 1. The third kappa shape index (κ3) is 5.34. The molecule has 1 atom stereocenters. The molecule has 0 aromatic heterocycles. The van der Waals surface area contributed by atoms with Gasteiger partial charge in [0.05, 0.1) is 24.7 Å². The molecule has 1 aliphatic heterocycles. The van der Waals surface area contributed by atoms with E-state index in [1.165, 1.54) is 11.0 Å². The molecule has 0 N–H and O–H groups in total. The molecule has 1 amide bonds. The number of ether oxygens (including phenoxy) is 1. The van der Waals surface area contributed by atoms with Crippen LogP contribution in [0, 0.1) is 11.8 Å². The highest BCUT2D eigenvalue weighted by atomic mass is 19.4. The molecule has 7 heteroatoms. The smallest absolute Gasteiger partial charge is 0.376 e. The van der Waals surface area contributed by atoms with Gasteiger partial charge in [-0.05, 0) is 41.7 Å². The first-order valence-electron chi connectivity index (χ1n) is 10.4. The normalized spacial score (nSPS) is 16.8. The molecule has 2 aromatic carbocycles. The van der Waals surface area contributed by atoms with Crippen LogP contribution < -0.4 is 0 Å². The van der Waals surface area contributed by atoms with Gasteiger partial charge in [0.1, 0.15) is 5.78 Å². The Morgan fingerprint density at radius 3 is 2.42 bits per heavy atom. The second-order valence-electron chi connectivity index (χ2n) is 8.32. The molecule has 0 saturated heterocycles. The van der Waals surface area contributed by atoms with Gasteiger partial charge in [0.15, 0.2) is 0 Å². The van der Waals surface area contributed by atoms with E-state index < -0.39 is 17.7 Å². The minimum Gasteiger partial charge on any atom is -0.376 e. The number of fused-ring (bicyclic) bond motifs is 1. The molecule has 0 spiro atoms. The Morgan fingerprint density at radius 2 is 1.74 bits per heavy atom. The summed E-state index contributed by atoms with van der Waals surface area (Å²) in [5.41, 5.74) is 1.46. The van der Waals surface area contributed by atoms with E-state index in [0.717, 1.165) is 30.5 Å². The molecule has 2 aliphatic rings. The van der Waals surface area contributed by atoms with Crippen LogP contribution in [0.15, 0.2) is 48.5 Å². The van der Waals surface area contributed by atoms with Crippen molar-refractivity contribution < 1.29 is 27.5 Å². The predicted octanol–water partition coefficient (Wildman–Crippen LogP) is 4.75. The largest absolute Gasteiger partial charge is 0.416 e. The molecule has 4 rings (SSSR count). The van der Waals surface area contributed by atoms with Gasteiger partial charge < -0.3 is 9.64 Å². The minimum atomic E-state index is -4.42. The molecule has 0 bridgehead atoms. The van der Waals surface area contributed by atoms with Crippen LogP contribution in [0.4, 0.5) is 13.2 Å². The summed E-state index contributed by atoms with van der Waals surface area (Å²) >= 11 is 0. The average Bonchev–Trinajstić information content (AvgIpc) is 3.51. The van der Waals surface area contributed by atoms with Crippen molar-refractivity contribution in [1.29, 1.82) is 0 Å². The highest BCUT2D eigenvalue weighted by molar-refractivity contribution is 5.89. The molecule has 31 heavy (non-hydrogen) atoms. The monoisotopic (exact) mass is 431 g/mol. The van der Waals surface area contributed by atoms with Gasteiger partial charge in [0, 0.05) is 25.4 Å². The summed E-state index contributed by atoms with van der Waals surface area (Å²) in [6.07, 6.45) is -2.59. The first-order valence-corrected chi connectivity index (χ1v) is 10.4. The lowest BCUT2D eigenvalue weighted by Crippen LogP contribution is -2.36. The summed E-state index contributed by atoms with van der Waals surface area (Å²) in [6.45, 7) is 0.800. The van der Waals surface area contributed by atoms with Crippen molar-refractivity contribution in [3.8, 4) is 0 Å². The number of alkyl halides is 3. The van der Waals surface area contributed by atoms with Crippen LogP contribution in [0.5, 0.6) is 0 Å². The zero-order valence-electron chi connectivity index (χ0n) is 17.0. The molecule has 4 nitrogen and oxygen atoms in total. The number of carbonyl (C=O) groups is 2. The van der Waals surface area contributed by atoms with E-state index in [2.05, 4.69) is 0 Å². The quantitative estimate of drug-likeness (QED) is 0.606. The number of ketones is 1. The van der Waals surface area contributed by atoms with E-state index in [-0.39, 0.29) is 43.7 Å². The van der Waals surface area contributed by atoms with Gasteiger partial charge in [0.25, 0.3) is 0 Å². The van der Waals surface area contributed by atoms with Crippen LogP contribution in [0.25, 0.3) is 0 Å². The zero-order valence-corrected chi connectivity index (χ0v) is 17.0. The fraction of sp³-hybridized carbons (Fsp3) is 0.417. The van der Waals surface area contributed by atoms with Gasteiger partial charge in [0.2, 0.25) is 5.91 Å². The minimum absolute atomic E-state index is 0.0366. The number of hydrogen-bond donors (Lipinski definition) is 0. The predicted molar refractivity (Wildman–Crippen MR) is 108 cm³/mol. The highest BCUT2D eigenvalue weighted by Gasteiger charge is 2.37. The fourth-order valence-corrected chi connectivity index (χ4v) is 3.91.